The number of nitrogens with zero attached hydrogens (tertiary/aromatic N) is 2. The molecule has 26 heavy (non-hydrogen) atoms. The molecule has 9 heteroatoms. The second kappa shape index (κ2) is 7.43. The molecule has 136 valence electrons. The lowest BCUT2D eigenvalue weighted by Crippen LogP contribution is -2.39. The van der Waals surface area contributed by atoms with Crippen LogP contribution in [0.5, 0.6) is 0 Å². The van der Waals surface area contributed by atoms with Crippen LogP contribution in [0.25, 0.3) is 0 Å². The molecule has 0 spiro atoms. The molecule has 0 aliphatic carbocycles. The second-order valence-corrected chi connectivity index (χ2v) is 9.67. The SMILES string of the molecule is CC(C)(CNc1ccc([N+](=O)[O-])cc1C#N)S(=O)(=O)c1ccc(Br)cc1. The Bertz CT molecular complexity index is 980. The number of nitro benzene ring substituents is 1. The van der Waals surface area contributed by atoms with Gasteiger partial charge < -0.3 is 5.32 Å². The van der Waals surface area contributed by atoms with E-state index in [9.17, 15) is 23.8 Å². The lowest BCUT2D eigenvalue weighted by molar-refractivity contribution is -0.384. The Morgan fingerprint density at radius 1 is 1.23 bits per heavy atom. The van der Waals surface area contributed by atoms with E-state index in [2.05, 4.69) is 21.2 Å². The number of nitriles is 1. The number of hydrogen-bond acceptors (Lipinski definition) is 6. The number of halogens is 1. The van der Waals surface area contributed by atoms with E-state index in [1.165, 1.54) is 24.3 Å². The van der Waals surface area contributed by atoms with Crippen molar-refractivity contribution in [3.8, 4) is 6.07 Å². The fourth-order valence-electron chi connectivity index (χ4n) is 2.23. The zero-order valence-corrected chi connectivity index (χ0v) is 16.5. The Kier molecular flexibility index (Phi) is 5.68. The van der Waals surface area contributed by atoms with E-state index in [1.807, 2.05) is 6.07 Å². The molecule has 0 aliphatic heterocycles. The molecule has 1 N–H and O–H groups in total. The van der Waals surface area contributed by atoms with Gasteiger partial charge in [-0.3, -0.25) is 10.1 Å². The van der Waals surface area contributed by atoms with Gasteiger partial charge in [-0.1, -0.05) is 15.9 Å². The molecule has 0 atom stereocenters. The fraction of sp³-hybridized carbons (Fsp3) is 0.235. The van der Waals surface area contributed by atoms with E-state index < -0.39 is 19.5 Å². The highest BCUT2D eigenvalue weighted by Crippen LogP contribution is 2.28. The fourth-order valence-corrected chi connectivity index (χ4v) is 3.89. The highest BCUT2D eigenvalue weighted by Gasteiger charge is 2.35. The summed E-state index contributed by atoms with van der Waals surface area (Å²) in [5.41, 5.74) is 0.224. The van der Waals surface area contributed by atoms with Crippen LogP contribution in [0.1, 0.15) is 19.4 Å². The molecule has 0 aromatic heterocycles. The van der Waals surface area contributed by atoms with Gasteiger partial charge in [-0.25, -0.2) is 8.42 Å². The van der Waals surface area contributed by atoms with Crippen molar-refractivity contribution in [2.24, 2.45) is 0 Å². The highest BCUT2D eigenvalue weighted by atomic mass is 79.9. The van der Waals surface area contributed by atoms with E-state index in [-0.39, 0.29) is 22.7 Å². The summed E-state index contributed by atoms with van der Waals surface area (Å²) in [7, 11) is -3.64. The van der Waals surface area contributed by atoms with E-state index in [1.54, 1.807) is 26.0 Å². The van der Waals surface area contributed by atoms with E-state index in [0.717, 1.165) is 10.5 Å². The number of benzene rings is 2. The van der Waals surface area contributed by atoms with Gasteiger partial charge in [0.05, 0.1) is 25.8 Å². The van der Waals surface area contributed by atoms with Crippen LogP contribution in [0.2, 0.25) is 0 Å². The molecule has 0 fully saturated rings. The largest absolute Gasteiger partial charge is 0.382 e. The van der Waals surface area contributed by atoms with Gasteiger partial charge in [-0.05, 0) is 44.2 Å². The van der Waals surface area contributed by atoms with Crippen molar-refractivity contribution in [2.75, 3.05) is 11.9 Å². The molecule has 2 aromatic carbocycles. The zero-order chi connectivity index (χ0) is 19.5. The van der Waals surface area contributed by atoms with Crippen LogP contribution in [0.15, 0.2) is 51.8 Å². The van der Waals surface area contributed by atoms with Crippen LogP contribution in [0, 0.1) is 21.4 Å². The first kappa shape index (κ1) is 19.9. The van der Waals surface area contributed by atoms with Gasteiger partial charge in [0.25, 0.3) is 5.69 Å². The molecule has 0 aliphatic rings. The van der Waals surface area contributed by atoms with Crippen LogP contribution in [-0.4, -0.2) is 24.6 Å². The van der Waals surface area contributed by atoms with Crippen molar-refractivity contribution in [3.05, 3.63) is 62.6 Å². The summed E-state index contributed by atoms with van der Waals surface area (Å²) in [6, 6.07) is 12.0. The first-order valence-corrected chi connectivity index (χ1v) is 9.79. The van der Waals surface area contributed by atoms with Crippen LogP contribution in [0.3, 0.4) is 0 Å². The third kappa shape index (κ3) is 4.03. The summed E-state index contributed by atoms with van der Waals surface area (Å²) < 4.78 is 25.4. The number of anilines is 1. The average molecular weight is 438 g/mol. The summed E-state index contributed by atoms with van der Waals surface area (Å²) in [5.74, 6) is 0. The Morgan fingerprint density at radius 2 is 1.85 bits per heavy atom. The summed E-state index contributed by atoms with van der Waals surface area (Å²) in [4.78, 5) is 10.4. The molecular weight excluding hydrogens is 422 g/mol. The van der Waals surface area contributed by atoms with Gasteiger partial charge in [-0.15, -0.1) is 0 Å². The molecular formula is C17H16BrN3O4S. The average Bonchev–Trinajstić information content (AvgIpc) is 2.60. The van der Waals surface area contributed by atoms with Crippen molar-refractivity contribution in [3.63, 3.8) is 0 Å². The quantitative estimate of drug-likeness (QED) is 0.541. The van der Waals surface area contributed by atoms with Gasteiger partial charge in [0.2, 0.25) is 0 Å². The normalized spacial score (nSPS) is 11.6. The Morgan fingerprint density at radius 3 is 2.38 bits per heavy atom. The molecule has 2 aromatic rings. The van der Waals surface area contributed by atoms with Gasteiger partial charge >= 0.3 is 0 Å². The molecule has 7 nitrogen and oxygen atoms in total. The topological polar surface area (TPSA) is 113 Å². The number of non-ortho nitro benzene ring substituents is 1. The lowest BCUT2D eigenvalue weighted by Gasteiger charge is -2.26. The molecule has 2 rings (SSSR count). The van der Waals surface area contributed by atoms with Gasteiger partial charge in [0.15, 0.2) is 9.84 Å². The van der Waals surface area contributed by atoms with Crippen LogP contribution in [0.4, 0.5) is 11.4 Å². The van der Waals surface area contributed by atoms with Crippen molar-refractivity contribution < 1.29 is 13.3 Å². The lowest BCUT2D eigenvalue weighted by atomic mass is 10.1. The maximum atomic E-state index is 12.9. The minimum absolute atomic E-state index is 0.0257. The van der Waals surface area contributed by atoms with E-state index in [4.69, 9.17) is 0 Å². The third-order valence-electron chi connectivity index (χ3n) is 3.89. The van der Waals surface area contributed by atoms with Gasteiger partial charge in [0, 0.05) is 23.2 Å². The van der Waals surface area contributed by atoms with Crippen molar-refractivity contribution in [1.29, 1.82) is 5.26 Å². The van der Waals surface area contributed by atoms with Crippen molar-refractivity contribution in [1.82, 2.24) is 0 Å². The van der Waals surface area contributed by atoms with Gasteiger partial charge in [-0.2, -0.15) is 5.26 Å². The zero-order valence-electron chi connectivity index (χ0n) is 14.1. The van der Waals surface area contributed by atoms with Crippen molar-refractivity contribution in [2.45, 2.75) is 23.5 Å². The predicted octanol–water partition coefficient (Wildman–Crippen LogP) is 3.89. The molecule has 0 saturated heterocycles. The molecule has 0 bridgehead atoms. The van der Waals surface area contributed by atoms with E-state index >= 15 is 0 Å². The third-order valence-corrected chi connectivity index (χ3v) is 6.91. The number of nitro groups is 1. The maximum absolute atomic E-state index is 12.9. The smallest absolute Gasteiger partial charge is 0.270 e. The monoisotopic (exact) mass is 437 g/mol. The number of nitrogens with one attached hydrogen (secondary N) is 1. The molecule has 0 heterocycles. The van der Waals surface area contributed by atoms with Crippen LogP contribution >= 0.6 is 15.9 Å². The Hall–Kier alpha value is -2.44. The standard InChI is InChI=1S/C17H16BrN3O4S/c1-17(2,26(24,25)15-6-3-13(18)4-7-15)11-20-16-8-5-14(21(22)23)9-12(16)10-19/h3-9,20H,11H2,1-2H3. The van der Waals surface area contributed by atoms with Crippen LogP contribution < -0.4 is 5.32 Å². The molecule has 0 saturated carbocycles. The minimum atomic E-state index is -3.64. The Balaban J connectivity index is 2.26. The molecule has 0 unspecified atom stereocenters. The minimum Gasteiger partial charge on any atom is -0.382 e. The first-order valence-electron chi connectivity index (χ1n) is 7.51. The summed E-state index contributed by atoms with van der Waals surface area (Å²) in [6.45, 7) is 3.18. The number of rotatable bonds is 6. The predicted molar refractivity (Wildman–Crippen MR) is 102 cm³/mol. The highest BCUT2D eigenvalue weighted by molar-refractivity contribution is 9.10. The van der Waals surface area contributed by atoms with Crippen molar-refractivity contribution >= 4 is 37.1 Å². The summed E-state index contributed by atoms with van der Waals surface area (Å²) in [6.07, 6.45) is 0. The van der Waals surface area contributed by atoms with Crippen LogP contribution in [-0.2, 0) is 9.84 Å². The Labute approximate surface area is 159 Å². The second-order valence-electron chi connectivity index (χ2n) is 6.17. The summed E-state index contributed by atoms with van der Waals surface area (Å²) in [5, 5.41) is 22.9. The number of hydrogen-bond donors (Lipinski definition) is 1. The molecule has 0 amide bonds. The number of sulfone groups is 1. The van der Waals surface area contributed by atoms with Gasteiger partial charge in [0.1, 0.15) is 6.07 Å². The van der Waals surface area contributed by atoms with E-state index in [0.29, 0.717) is 5.69 Å². The summed E-state index contributed by atoms with van der Waals surface area (Å²) >= 11 is 3.27. The maximum Gasteiger partial charge on any atom is 0.270 e. The first-order chi connectivity index (χ1) is 12.1. The molecule has 0 radical (unpaired) electrons.